The maximum atomic E-state index is 11.9. The Labute approximate surface area is 156 Å². The summed E-state index contributed by atoms with van der Waals surface area (Å²) in [6, 6.07) is 7.94. The van der Waals surface area contributed by atoms with Gasteiger partial charge in [-0.05, 0) is 49.8 Å². The van der Waals surface area contributed by atoms with E-state index < -0.39 is 0 Å². The van der Waals surface area contributed by atoms with Crippen LogP contribution in [0.5, 0.6) is 0 Å². The fourth-order valence-corrected chi connectivity index (χ4v) is 3.11. The molecule has 1 aromatic carbocycles. The summed E-state index contributed by atoms with van der Waals surface area (Å²) in [5.41, 5.74) is 1.98. The van der Waals surface area contributed by atoms with Crippen LogP contribution in [-0.2, 0) is 11.2 Å². The Morgan fingerprint density at radius 2 is 1.50 bits per heavy atom. The third kappa shape index (κ3) is 10.1. The first-order valence-electron chi connectivity index (χ1n) is 9.60. The van der Waals surface area contributed by atoms with Crippen LogP contribution in [0.4, 0.5) is 0 Å². The van der Waals surface area contributed by atoms with Crippen molar-refractivity contribution >= 4 is 21.9 Å². The number of hydrogen-bond acceptors (Lipinski definition) is 2. The van der Waals surface area contributed by atoms with E-state index >= 15 is 0 Å². The lowest BCUT2D eigenvalue weighted by Crippen LogP contribution is -2.06. The molecular weight excluding hydrogens is 364 g/mol. The van der Waals surface area contributed by atoms with Gasteiger partial charge in [0.25, 0.3) is 0 Å². The Morgan fingerprint density at radius 1 is 0.875 bits per heavy atom. The number of carbonyl (C=O) groups excluding carboxylic acids is 1. The molecule has 0 fully saturated rings. The molecule has 0 spiro atoms. The smallest absolute Gasteiger partial charge is 0.338 e. The van der Waals surface area contributed by atoms with Gasteiger partial charge in [0.15, 0.2) is 0 Å². The van der Waals surface area contributed by atoms with E-state index in [1.54, 1.807) is 0 Å². The second kappa shape index (κ2) is 14.5. The van der Waals surface area contributed by atoms with Crippen LogP contribution in [-0.4, -0.2) is 17.9 Å². The molecule has 0 aliphatic rings. The van der Waals surface area contributed by atoms with Crippen molar-refractivity contribution in [3.63, 3.8) is 0 Å². The molecule has 0 saturated heterocycles. The van der Waals surface area contributed by atoms with E-state index in [-0.39, 0.29) is 5.97 Å². The molecule has 3 heteroatoms. The minimum Gasteiger partial charge on any atom is -0.462 e. The lowest BCUT2D eigenvalue weighted by Gasteiger charge is -2.06. The average Bonchev–Trinajstić information content (AvgIpc) is 2.61. The molecular formula is C21H33BrO2. The lowest BCUT2D eigenvalue weighted by atomic mass is 10.0. The van der Waals surface area contributed by atoms with Crippen LogP contribution in [0.2, 0.25) is 0 Å². The van der Waals surface area contributed by atoms with Gasteiger partial charge in [-0.2, -0.15) is 0 Å². The van der Waals surface area contributed by atoms with E-state index in [0.717, 1.165) is 31.0 Å². The van der Waals surface area contributed by atoms with E-state index in [2.05, 4.69) is 35.0 Å². The first-order valence-corrected chi connectivity index (χ1v) is 10.7. The molecule has 0 aliphatic heterocycles. The van der Waals surface area contributed by atoms with Crippen molar-refractivity contribution in [2.24, 2.45) is 0 Å². The van der Waals surface area contributed by atoms with Gasteiger partial charge in [-0.25, -0.2) is 4.79 Å². The number of aryl methyl sites for hydroxylation is 1. The number of benzene rings is 1. The Morgan fingerprint density at radius 3 is 2.17 bits per heavy atom. The van der Waals surface area contributed by atoms with Crippen molar-refractivity contribution in [3.05, 3.63) is 35.4 Å². The SMILES string of the molecule is CCCCCCCCCc1ccc(C(=O)OCCCCCBr)cc1. The fraction of sp³-hybridized carbons (Fsp3) is 0.667. The topological polar surface area (TPSA) is 26.3 Å². The number of ether oxygens (including phenoxy) is 1. The van der Waals surface area contributed by atoms with Crippen molar-refractivity contribution in [1.29, 1.82) is 0 Å². The van der Waals surface area contributed by atoms with Crippen molar-refractivity contribution in [3.8, 4) is 0 Å². The molecule has 0 atom stereocenters. The molecule has 2 nitrogen and oxygen atoms in total. The highest BCUT2D eigenvalue weighted by molar-refractivity contribution is 9.09. The Kier molecular flexibility index (Phi) is 12.8. The summed E-state index contributed by atoms with van der Waals surface area (Å²) in [6.45, 7) is 2.77. The standard InChI is InChI=1S/C21H33BrO2/c1-2-3-4-5-6-7-9-12-19-13-15-20(16-14-19)21(23)24-18-11-8-10-17-22/h13-16H,2-12,17-18H2,1H3. The minimum atomic E-state index is -0.198. The van der Waals surface area contributed by atoms with Crippen LogP contribution in [0.15, 0.2) is 24.3 Å². The zero-order valence-electron chi connectivity index (χ0n) is 15.2. The number of halogens is 1. The van der Waals surface area contributed by atoms with Gasteiger partial charge in [-0.1, -0.05) is 73.5 Å². The van der Waals surface area contributed by atoms with Crippen LogP contribution >= 0.6 is 15.9 Å². The summed E-state index contributed by atoms with van der Waals surface area (Å²) in [5, 5.41) is 1.02. The molecule has 0 heterocycles. The molecule has 0 saturated carbocycles. The maximum Gasteiger partial charge on any atom is 0.338 e. The number of carbonyl (C=O) groups is 1. The van der Waals surface area contributed by atoms with E-state index in [4.69, 9.17) is 4.74 Å². The van der Waals surface area contributed by atoms with E-state index in [9.17, 15) is 4.79 Å². The van der Waals surface area contributed by atoms with Gasteiger partial charge >= 0.3 is 5.97 Å². The highest BCUT2D eigenvalue weighted by Gasteiger charge is 2.06. The lowest BCUT2D eigenvalue weighted by molar-refractivity contribution is 0.0498. The average molecular weight is 397 g/mol. The van der Waals surface area contributed by atoms with Crippen molar-refractivity contribution in [2.45, 2.75) is 77.6 Å². The summed E-state index contributed by atoms with van der Waals surface area (Å²) >= 11 is 3.40. The number of rotatable bonds is 14. The van der Waals surface area contributed by atoms with E-state index in [1.165, 1.54) is 50.5 Å². The van der Waals surface area contributed by atoms with Gasteiger partial charge in [0.05, 0.1) is 12.2 Å². The second-order valence-corrected chi connectivity index (χ2v) is 7.25. The molecule has 0 amide bonds. The Bertz CT molecular complexity index is 428. The van der Waals surface area contributed by atoms with Gasteiger partial charge in [-0.15, -0.1) is 0 Å². The molecule has 0 unspecified atom stereocenters. The van der Waals surface area contributed by atoms with Crippen molar-refractivity contribution in [1.82, 2.24) is 0 Å². The number of hydrogen-bond donors (Lipinski definition) is 0. The third-order valence-electron chi connectivity index (χ3n) is 4.27. The molecule has 0 aliphatic carbocycles. The van der Waals surface area contributed by atoms with Gasteiger partial charge < -0.3 is 4.74 Å². The summed E-state index contributed by atoms with van der Waals surface area (Å²) < 4.78 is 5.31. The van der Waals surface area contributed by atoms with Crippen molar-refractivity contribution in [2.75, 3.05) is 11.9 Å². The molecule has 1 rings (SSSR count). The van der Waals surface area contributed by atoms with Crippen LogP contribution < -0.4 is 0 Å². The Balaban J connectivity index is 2.16. The molecule has 0 aromatic heterocycles. The van der Waals surface area contributed by atoms with E-state index in [1.807, 2.05) is 12.1 Å². The monoisotopic (exact) mass is 396 g/mol. The van der Waals surface area contributed by atoms with Gasteiger partial charge in [0.2, 0.25) is 0 Å². The predicted molar refractivity (Wildman–Crippen MR) is 106 cm³/mol. The van der Waals surface area contributed by atoms with Crippen LogP contribution in [0.25, 0.3) is 0 Å². The largest absolute Gasteiger partial charge is 0.462 e. The maximum absolute atomic E-state index is 11.9. The van der Waals surface area contributed by atoms with Crippen LogP contribution in [0.1, 0.15) is 87.1 Å². The molecule has 24 heavy (non-hydrogen) atoms. The van der Waals surface area contributed by atoms with E-state index in [0.29, 0.717) is 12.2 Å². The Hall–Kier alpha value is -0.830. The van der Waals surface area contributed by atoms with Gasteiger partial charge in [-0.3, -0.25) is 0 Å². The fourth-order valence-electron chi connectivity index (χ4n) is 2.72. The molecule has 0 N–H and O–H groups in total. The first-order chi connectivity index (χ1) is 11.8. The van der Waals surface area contributed by atoms with Gasteiger partial charge in [0.1, 0.15) is 0 Å². The highest BCUT2D eigenvalue weighted by Crippen LogP contribution is 2.12. The minimum absolute atomic E-state index is 0.198. The molecule has 1 aromatic rings. The zero-order valence-corrected chi connectivity index (χ0v) is 16.8. The summed E-state index contributed by atoms with van der Waals surface area (Å²) in [4.78, 5) is 11.9. The van der Waals surface area contributed by atoms with Gasteiger partial charge in [0, 0.05) is 5.33 Å². The van der Waals surface area contributed by atoms with Crippen LogP contribution in [0, 0.1) is 0 Å². The summed E-state index contributed by atoms with van der Waals surface area (Å²) in [5.74, 6) is -0.198. The molecule has 0 radical (unpaired) electrons. The third-order valence-corrected chi connectivity index (χ3v) is 4.83. The normalized spacial score (nSPS) is 10.8. The summed E-state index contributed by atoms with van der Waals surface area (Å²) in [7, 11) is 0. The highest BCUT2D eigenvalue weighted by atomic mass is 79.9. The number of esters is 1. The second-order valence-electron chi connectivity index (χ2n) is 6.45. The molecule has 0 bridgehead atoms. The quantitative estimate of drug-likeness (QED) is 0.198. The van der Waals surface area contributed by atoms with Crippen LogP contribution in [0.3, 0.4) is 0 Å². The molecule has 136 valence electrons. The first kappa shape index (κ1) is 21.2. The number of alkyl halides is 1. The number of unbranched alkanes of at least 4 members (excludes halogenated alkanes) is 8. The van der Waals surface area contributed by atoms with Crippen molar-refractivity contribution < 1.29 is 9.53 Å². The predicted octanol–water partition coefficient (Wildman–Crippen LogP) is 6.70. The zero-order chi connectivity index (χ0) is 17.5. The summed E-state index contributed by atoms with van der Waals surface area (Å²) in [6.07, 6.45) is 13.6.